The molecule has 1 aliphatic rings. The quantitative estimate of drug-likeness (QED) is 0.255. The highest BCUT2D eigenvalue weighted by Gasteiger charge is 2.37. The molecule has 1 fully saturated rings. The normalized spacial score (nSPS) is 14.8. The number of aromatic nitrogens is 2. The minimum atomic E-state index is -4.99. The third-order valence-corrected chi connectivity index (χ3v) is 7.24. The third-order valence-electron chi connectivity index (χ3n) is 7.24. The number of rotatable bonds is 5. The molecule has 6 nitrogen and oxygen atoms in total. The van der Waals surface area contributed by atoms with Crippen LogP contribution in [0.1, 0.15) is 27.2 Å². The van der Waals surface area contributed by atoms with Gasteiger partial charge in [-0.05, 0) is 53.2 Å². The molecule has 2 heterocycles. The van der Waals surface area contributed by atoms with Gasteiger partial charge in [-0.2, -0.15) is 26.3 Å². The second-order valence-electron chi connectivity index (χ2n) is 10.4. The summed E-state index contributed by atoms with van der Waals surface area (Å²) in [6, 6.07) is 14.5. The highest BCUT2D eigenvalue weighted by atomic mass is 19.4. The van der Waals surface area contributed by atoms with Gasteiger partial charge in [0.25, 0.3) is 5.91 Å². The van der Waals surface area contributed by atoms with E-state index in [0.717, 1.165) is 28.8 Å². The van der Waals surface area contributed by atoms with E-state index in [4.69, 9.17) is 0 Å². The van der Waals surface area contributed by atoms with Gasteiger partial charge in [0.05, 0.1) is 11.1 Å². The van der Waals surface area contributed by atoms with Crippen LogP contribution >= 0.6 is 0 Å². The summed E-state index contributed by atoms with van der Waals surface area (Å²) in [5, 5.41) is 1.89. The summed E-state index contributed by atoms with van der Waals surface area (Å²) in [5.74, 6) is -0.343. The van der Waals surface area contributed by atoms with Crippen LogP contribution in [0.2, 0.25) is 0 Å². The van der Waals surface area contributed by atoms with Gasteiger partial charge in [-0.1, -0.05) is 36.4 Å². The van der Waals surface area contributed by atoms with Crippen molar-refractivity contribution in [1.82, 2.24) is 19.8 Å². The van der Waals surface area contributed by atoms with Crippen molar-refractivity contribution in [3.8, 4) is 11.1 Å². The van der Waals surface area contributed by atoms with E-state index in [9.17, 15) is 31.1 Å². The van der Waals surface area contributed by atoms with Crippen molar-refractivity contribution in [1.29, 1.82) is 0 Å². The lowest BCUT2D eigenvalue weighted by Gasteiger charge is -2.32. The van der Waals surface area contributed by atoms with Crippen molar-refractivity contribution >= 4 is 22.6 Å². The van der Waals surface area contributed by atoms with Gasteiger partial charge in [0, 0.05) is 51.5 Å². The molecule has 1 saturated heterocycles. The van der Waals surface area contributed by atoms with Crippen molar-refractivity contribution in [2.45, 2.75) is 18.9 Å². The topological polar surface area (TPSA) is 52.6 Å². The molecule has 0 bridgehead atoms. The maximum atomic E-state index is 13.8. The molecule has 4 aromatic rings. The smallest absolute Gasteiger partial charge is 0.338 e. The van der Waals surface area contributed by atoms with Crippen LogP contribution in [0.5, 0.6) is 0 Å². The summed E-state index contributed by atoms with van der Waals surface area (Å²) in [6.45, 7) is 2.27. The first-order valence-electron chi connectivity index (χ1n) is 13.1. The number of nitrogens with zero attached hydrogens (tertiary/aromatic N) is 5. The first-order valence-corrected chi connectivity index (χ1v) is 13.1. The molecular weight excluding hydrogens is 560 g/mol. The Morgan fingerprint density at radius 3 is 2.10 bits per heavy atom. The maximum Gasteiger partial charge on any atom is 0.416 e. The summed E-state index contributed by atoms with van der Waals surface area (Å²) in [5.41, 5.74) is -2.15. The molecule has 0 unspecified atom stereocenters. The predicted octanol–water partition coefficient (Wildman–Crippen LogP) is 6.36. The lowest BCUT2D eigenvalue weighted by molar-refractivity contribution is -0.143. The van der Waals surface area contributed by atoms with Crippen molar-refractivity contribution in [3.63, 3.8) is 0 Å². The SMILES string of the molecule is CN1CCN(c2ncc(-c3ccc4ccccc4c3)c(C(=O)N(C)Cc3cc(C(F)(F)F)cc(C(F)(F)F)c3)n2)CC1. The molecule has 0 spiro atoms. The van der Waals surface area contributed by atoms with Gasteiger partial charge in [0.2, 0.25) is 5.95 Å². The average Bonchev–Trinajstić information content (AvgIpc) is 2.95. The van der Waals surface area contributed by atoms with Crippen LogP contribution in [0.3, 0.4) is 0 Å². The fourth-order valence-corrected chi connectivity index (χ4v) is 4.90. The molecule has 3 aromatic carbocycles. The van der Waals surface area contributed by atoms with E-state index in [1.54, 1.807) is 0 Å². The van der Waals surface area contributed by atoms with Gasteiger partial charge < -0.3 is 14.7 Å². The van der Waals surface area contributed by atoms with Crippen LogP contribution in [-0.4, -0.2) is 65.9 Å². The number of anilines is 1. The summed E-state index contributed by atoms with van der Waals surface area (Å²) in [4.78, 5) is 28.1. The van der Waals surface area contributed by atoms with E-state index >= 15 is 0 Å². The van der Waals surface area contributed by atoms with Crippen LogP contribution in [0.4, 0.5) is 32.3 Å². The molecule has 0 aliphatic carbocycles. The summed E-state index contributed by atoms with van der Waals surface area (Å²) in [6.07, 6.45) is -8.45. The zero-order chi connectivity index (χ0) is 30.2. The fraction of sp³-hybridized carbons (Fsp3) is 0.300. The number of benzene rings is 3. The van der Waals surface area contributed by atoms with Crippen molar-refractivity contribution in [2.75, 3.05) is 45.2 Å². The van der Waals surface area contributed by atoms with E-state index in [0.29, 0.717) is 42.3 Å². The number of hydrogen-bond donors (Lipinski definition) is 0. The fourth-order valence-electron chi connectivity index (χ4n) is 4.90. The second-order valence-corrected chi connectivity index (χ2v) is 10.4. The van der Waals surface area contributed by atoms with Crippen molar-refractivity contribution in [2.24, 2.45) is 0 Å². The Hall–Kier alpha value is -4.19. The van der Waals surface area contributed by atoms with Gasteiger partial charge in [-0.3, -0.25) is 4.79 Å². The summed E-state index contributed by atoms with van der Waals surface area (Å²) >= 11 is 0. The lowest BCUT2D eigenvalue weighted by Crippen LogP contribution is -2.45. The molecule has 1 amide bonds. The Labute approximate surface area is 238 Å². The molecule has 0 N–H and O–H groups in total. The van der Waals surface area contributed by atoms with Crippen LogP contribution in [-0.2, 0) is 18.9 Å². The van der Waals surface area contributed by atoms with Crippen molar-refractivity contribution < 1.29 is 31.1 Å². The van der Waals surface area contributed by atoms with Crippen LogP contribution in [0.25, 0.3) is 21.9 Å². The van der Waals surface area contributed by atoms with E-state index in [2.05, 4.69) is 14.9 Å². The average molecular weight is 588 g/mol. The van der Waals surface area contributed by atoms with E-state index in [1.165, 1.54) is 13.2 Å². The third kappa shape index (κ3) is 6.33. The summed E-state index contributed by atoms with van der Waals surface area (Å²) in [7, 11) is 3.31. The maximum absolute atomic E-state index is 13.8. The van der Waals surface area contributed by atoms with E-state index < -0.39 is 35.9 Å². The molecular formula is C30H27F6N5O. The molecule has 1 aromatic heterocycles. The Balaban J connectivity index is 1.53. The molecule has 42 heavy (non-hydrogen) atoms. The molecule has 0 radical (unpaired) electrons. The molecule has 220 valence electrons. The molecule has 5 rings (SSSR count). The van der Waals surface area contributed by atoms with Gasteiger partial charge >= 0.3 is 12.4 Å². The number of halogens is 6. The number of hydrogen-bond acceptors (Lipinski definition) is 5. The Morgan fingerprint density at radius 1 is 0.857 bits per heavy atom. The highest BCUT2D eigenvalue weighted by Crippen LogP contribution is 2.37. The minimum Gasteiger partial charge on any atom is -0.338 e. The zero-order valence-corrected chi connectivity index (χ0v) is 22.8. The first-order chi connectivity index (χ1) is 19.8. The van der Waals surface area contributed by atoms with E-state index in [-0.39, 0.29) is 17.3 Å². The van der Waals surface area contributed by atoms with E-state index in [1.807, 2.05) is 54.4 Å². The first kappa shape index (κ1) is 29.3. The van der Waals surface area contributed by atoms with Crippen LogP contribution in [0.15, 0.2) is 66.9 Å². The van der Waals surface area contributed by atoms with Gasteiger partial charge in [-0.25, -0.2) is 9.97 Å². The van der Waals surface area contributed by atoms with Crippen LogP contribution < -0.4 is 4.90 Å². The molecule has 0 atom stereocenters. The largest absolute Gasteiger partial charge is 0.416 e. The number of amides is 1. The predicted molar refractivity (Wildman–Crippen MR) is 147 cm³/mol. The summed E-state index contributed by atoms with van der Waals surface area (Å²) < 4.78 is 80.5. The van der Waals surface area contributed by atoms with Gasteiger partial charge in [0.15, 0.2) is 0 Å². The van der Waals surface area contributed by atoms with Crippen LogP contribution in [0, 0.1) is 0 Å². The number of carbonyl (C=O) groups excluding carboxylic acids is 1. The number of piperazine rings is 1. The molecule has 0 saturated carbocycles. The highest BCUT2D eigenvalue weighted by molar-refractivity contribution is 6.00. The number of fused-ring (bicyclic) bond motifs is 1. The standard InChI is InChI=1S/C30H27F6N5O/c1-39-9-11-41(12-10-39)28-37-17-25(22-8-7-20-5-3-4-6-21(20)15-22)26(38-28)27(42)40(2)18-19-13-23(29(31,32)33)16-24(14-19)30(34,35)36/h3-8,13-17H,9-12,18H2,1-2H3. The Morgan fingerprint density at radius 2 is 1.48 bits per heavy atom. The van der Waals surface area contributed by atoms with Gasteiger partial charge in [-0.15, -0.1) is 0 Å². The lowest BCUT2D eigenvalue weighted by atomic mass is 10.0. The molecule has 12 heteroatoms. The Kier molecular flexibility index (Phi) is 7.84. The number of alkyl halides is 6. The minimum absolute atomic E-state index is 0.000250. The van der Waals surface area contributed by atoms with Gasteiger partial charge in [0.1, 0.15) is 5.69 Å². The Bertz CT molecular complexity index is 1580. The number of carbonyl (C=O) groups is 1. The molecule has 1 aliphatic heterocycles. The monoisotopic (exact) mass is 587 g/mol. The second kappa shape index (κ2) is 11.2. The zero-order valence-electron chi connectivity index (χ0n) is 22.8. The number of likely N-dealkylation sites (N-methyl/N-ethyl adjacent to an activating group) is 1. The van der Waals surface area contributed by atoms with Crippen molar-refractivity contribution in [3.05, 3.63) is 89.2 Å².